The number of esters is 1. The van der Waals surface area contributed by atoms with Crippen molar-refractivity contribution in [1.82, 2.24) is 0 Å². The van der Waals surface area contributed by atoms with E-state index in [4.69, 9.17) is 4.74 Å². The van der Waals surface area contributed by atoms with E-state index in [1.54, 1.807) is 0 Å². The summed E-state index contributed by atoms with van der Waals surface area (Å²) in [6.45, 7) is 4.41. The largest absolute Gasteiger partial charge is 0.466 e. The number of ether oxygens (including phenoxy) is 1. The van der Waals surface area contributed by atoms with Gasteiger partial charge in [-0.25, -0.2) is 0 Å². The smallest absolute Gasteiger partial charge is 0.309 e. The summed E-state index contributed by atoms with van der Waals surface area (Å²) in [4.78, 5) is 11.6. The number of carbonyl (C=O) groups is 1. The lowest BCUT2D eigenvalue weighted by Gasteiger charge is -2.06. The van der Waals surface area contributed by atoms with Crippen LogP contribution in [-0.2, 0) is 22.4 Å². The van der Waals surface area contributed by atoms with E-state index in [0.29, 0.717) is 6.61 Å². The second kappa shape index (κ2) is 4.05. The first-order valence-corrected chi connectivity index (χ1v) is 5.45. The minimum absolute atomic E-state index is 0.0433. The first-order chi connectivity index (χ1) is 7.20. The topological polar surface area (TPSA) is 26.3 Å². The summed E-state index contributed by atoms with van der Waals surface area (Å²) in [6, 6.07) is 6.41. The van der Waals surface area contributed by atoms with Crippen molar-refractivity contribution >= 4 is 5.97 Å². The number of hydrogen-bond acceptors (Lipinski definition) is 2. The SMILES string of the molecule is CCOC(=O)C1Cc2ccc(C)cc2C1. The van der Waals surface area contributed by atoms with Crippen LogP contribution in [0.15, 0.2) is 18.2 Å². The number of aryl methyl sites for hydroxylation is 1. The molecule has 1 aliphatic carbocycles. The van der Waals surface area contributed by atoms with Gasteiger partial charge in [-0.15, -0.1) is 0 Å². The molecule has 2 rings (SSSR count). The molecular weight excluding hydrogens is 188 g/mol. The molecule has 1 unspecified atom stereocenters. The van der Waals surface area contributed by atoms with Gasteiger partial charge in [0.15, 0.2) is 0 Å². The molecule has 0 saturated carbocycles. The maximum Gasteiger partial charge on any atom is 0.309 e. The van der Waals surface area contributed by atoms with Gasteiger partial charge in [-0.05, 0) is 37.8 Å². The quantitative estimate of drug-likeness (QED) is 0.691. The highest BCUT2D eigenvalue weighted by Gasteiger charge is 2.28. The molecule has 0 aromatic heterocycles. The van der Waals surface area contributed by atoms with Crippen LogP contribution in [0.5, 0.6) is 0 Å². The van der Waals surface area contributed by atoms with Crippen molar-refractivity contribution in [3.8, 4) is 0 Å². The standard InChI is InChI=1S/C13H16O2/c1-3-15-13(14)12-7-10-5-4-9(2)6-11(10)8-12/h4-6,12H,3,7-8H2,1-2H3. The lowest BCUT2D eigenvalue weighted by Crippen LogP contribution is -2.17. The molecule has 0 radical (unpaired) electrons. The third-order valence-electron chi connectivity index (χ3n) is 2.91. The van der Waals surface area contributed by atoms with E-state index in [9.17, 15) is 4.79 Å². The molecule has 1 aliphatic rings. The van der Waals surface area contributed by atoms with Crippen molar-refractivity contribution in [2.45, 2.75) is 26.7 Å². The lowest BCUT2D eigenvalue weighted by atomic mass is 10.1. The van der Waals surface area contributed by atoms with Crippen LogP contribution in [0.1, 0.15) is 23.6 Å². The van der Waals surface area contributed by atoms with Gasteiger partial charge < -0.3 is 4.74 Å². The van der Waals surface area contributed by atoms with Crippen LogP contribution in [-0.4, -0.2) is 12.6 Å². The third kappa shape index (κ3) is 2.04. The highest BCUT2D eigenvalue weighted by atomic mass is 16.5. The van der Waals surface area contributed by atoms with Gasteiger partial charge in [-0.1, -0.05) is 23.8 Å². The maximum absolute atomic E-state index is 11.6. The van der Waals surface area contributed by atoms with Crippen LogP contribution in [0.25, 0.3) is 0 Å². The van der Waals surface area contributed by atoms with Crippen LogP contribution in [0.3, 0.4) is 0 Å². The Kier molecular flexibility index (Phi) is 2.76. The van der Waals surface area contributed by atoms with Gasteiger partial charge in [0.2, 0.25) is 0 Å². The molecule has 2 heteroatoms. The molecule has 0 spiro atoms. The summed E-state index contributed by atoms with van der Waals surface area (Å²) < 4.78 is 5.05. The number of carbonyl (C=O) groups excluding carboxylic acids is 1. The molecule has 0 fully saturated rings. The highest BCUT2D eigenvalue weighted by molar-refractivity contribution is 5.74. The van der Waals surface area contributed by atoms with Crippen molar-refractivity contribution in [3.63, 3.8) is 0 Å². The number of rotatable bonds is 2. The summed E-state index contributed by atoms with van der Waals surface area (Å²) in [6.07, 6.45) is 1.68. The summed E-state index contributed by atoms with van der Waals surface area (Å²) in [5.74, 6) is -0.00639. The van der Waals surface area contributed by atoms with Crippen LogP contribution in [0.2, 0.25) is 0 Å². The Morgan fingerprint density at radius 3 is 2.87 bits per heavy atom. The van der Waals surface area contributed by atoms with E-state index in [0.717, 1.165) is 12.8 Å². The Labute approximate surface area is 90.3 Å². The van der Waals surface area contributed by atoms with E-state index in [1.807, 2.05) is 6.92 Å². The van der Waals surface area contributed by atoms with Gasteiger partial charge in [-0.3, -0.25) is 4.79 Å². The van der Waals surface area contributed by atoms with Crippen LogP contribution < -0.4 is 0 Å². The predicted molar refractivity (Wildman–Crippen MR) is 58.7 cm³/mol. The summed E-state index contributed by atoms with van der Waals surface area (Å²) >= 11 is 0. The minimum Gasteiger partial charge on any atom is -0.466 e. The Hall–Kier alpha value is -1.31. The normalized spacial score (nSPS) is 18.7. The Balaban J connectivity index is 2.12. The first kappa shape index (κ1) is 10.2. The van der Waals surface area contributed by atoms with Crippen molar-refractivity contribution in [1.29, 1.82) is 0 Å². The number of fused-ring (bicyclic) bond motifs is 1. The molecule has 0 heterocycles. The molecule has 80 valence electrons. The monoisotopic (exact) mass is 204 g/mol. The first-order valence-electron chi connectivity index (χ1n) is 5.45. The maximum atomic E-state index is 11.6. The zero-order valence-corrected chi connectivity index (χ0v) is 9.25. The molecule has 0 saturated heterocycles. The zero-order valence-electron chi connectivity index (χ0n) is 9.25. The van der Waals surface area contributed by atoms with E-state index in [2.05, 4.69) is 25.1 Å². The van der Waals surface area contributed by atoms with Crippen LogP contribution in [0, 0.1) is 12.8 Å². The Morgan fingerprint density at radius 1 is 1.40 bits per heavy atom. The van der Waals surface area contributed by atoms with E-state index >= 15 is 0 Å². The second-order valence-corrected chi connectivity index (χ2v) is 4.13. The molecule has 0 aliphatic heterocycles. The number of hydrogen-bond donors (Lipinski definition) is 0. The summed E-state index contributed by atoms with van der Waals surface area (Å²) in [5.41, 5.74) is 3.88. The third-order valence-corrected chi connectivity index (χ3v) is 2.91. The molecule has 1 aromatic rings. The van der Waals surface area contributed by atoms with Gasteiger partial charge in [0.05, 0.1) is 12.5 Å². The van der Waals surface area contributed by atoms with E-state index < -0.39 is 0 Å². The average molecular weight is 204 g/mol. The van der Waals surface area contributed by atoms with Gasteiger partial charge >= 0.3 is 5.97 Å². The van der Waals surface area contributed by atoms with Gasteiger partial charge in [0.25, 0.3) is 0 Å². The van der Waals surface area contributed by atoms with Crippen molar-refractivity contribution in [2.75, 3.05) is 6.61 Å². The fraction of sp³-hybridized carbons (Fsp3) is 0.462. The molecule has 0 amide bonds. The van der Waals surface area contributed by atoms with E-state index in [1.165, 1.54) is 16.7 Å². The van der Waals surface area contributed by atoms with Crippen molar-refractivity contribution in [2.24, 2.45) is 5.92 Å². The predicted octanol–water partition coefficient (Wildman–Crippen LogP) is 2.27. The highest BCUT2D eigenvalue weighted by Crippen LogP contribution is 2.28. The molecule has 0 bridgehead atoms. The van der Waals surface area contributed by atoms with Crippen molar-refractivity contribution in [3.05, 3.63) is 34.9 Å². The summed E-state index contributed by atoms with van der Waals surface area (Å²) in [5, 5.41) is 0. The Bertz CT molecular complexity index is 382. The fourth-order valence-corrected chi connectivity index (χ4v) is 2.17. The number of benzene rings is 1. The Morgan fingerprint density at radius 2 is 2.13 bits per heavy atom. The molecule has 1 atom stereocenters. The van der Waals surface area contributed by atoms with Gasteiger partial charge in [-0.2, -0.15) is 0 Å². The molecular formula is C13H16O2. The van der Waals surface area contributed by atoms with Crippen molar-refractivity contribution < 1.29 is 9.53 Å². The lowest BCUT2D eigenvalue weighted by molar-refractivity contribution is -0.147. The van der Waals surface area contributed by atoms with E-state index in [-0.39, 0.29) is 11.9 Å². The fourth-order valence-electron chi connectivity index (χ4n) is 2.17. The van der Waals surface area contributed by atoms with Crippen LogP contribution in [0.4, 0.5) is 0 Å². The molecule has 15 heavy (non-hydrogen) atoms. The molecule has 1 aromatic carbocycles. The second-order valence-electron chi connectivity index (χ2n) is 4.13. The minimum atomic E-state index is -0.0497. The molecule has 2 nitrogen and oxygen atoms in total. The zero-order chi connectivity index (χ0) is 10.8. The van der Waals surface area contributed by atoms with Crippen LogP contribution >= 0.6 is 0 Å². The molecule has 0 N–H and O–H groups in total. The van der Waals surface area contributed by atoms with Gasteiger partial charge in [0, 0.05) is 0 Å². The summed E-state index contributed by atoms with van der Waals surface area (Å²) in [7, 11) is 0. The van der Waals surface area contributed by atoms with Gasteiger partial charge in [0.1, 0.15) is 0 Å². The average Bonchev–Trinajstić information content (AvgIpc) is 2.60.